The Hall–Kier alpha value is -0.0800. The molecule has 1 fully saturated rings. The minimum Gasteiger partial charge on any atom is -0.391 e. The Morgan fingerprint density at radius 2 is 2.00 bits per heavy atom. The van der Waals surface area contributed by atoms with E-state index in [9.17, 15) is 5.11 Å². The molecular weight excluding hydrogens is 186 g/mol. The van der Waals surface area contributed by atoms with E-state index in [4.69, 9.17) is 5.73 Å². The van der Waals surface area contributed by atoms with Crippen molar-refractivity contribution in [3.8, 4) is 0 Å². The van der Waals surface area contributed by atoms with Crippen molar-refractivity contribution < 1.29 is 5.11 Å². The molecule has 2 nitrogen and oxygen atoms in total. The van der Waals surface area contributed by atoms with Gasteiger partial charge in [0.1, 0.15) is 0 Å². The number of hydrogen-bond donors (Lipinski definition) is 2. The molecule has 1 aliphatic carbocycles. The van der Waals surface area contributed by atoms with Crippen LogP contribution >= 0.6 is 0 Å². The van der Waals surface area contributed by atoms with Gasteiger partial charge in [0, 0.05) is 6.04 Å². The molecule has 0 aromatic heterocycles. The number of rotatable bonds is 4. The Kier molecular flexibility index (Phi) is 5.07. The fourth-order valence-corrected chi connectivity index (χ4v) is 2.82. The average Bonchev–Trinajstić information content (AvgIpc) is 2.15. The highest BCUT2D eigenvalue weighted by atomic mass is 16.3. The summed E-state index contributed by atoms with van der Waals surface area (Å²) in [6, 6.07) is -0.0275. The summed E-state index contributed by atoms with van der Waals surface area (Å²) in [5.74, 6) is 1.79. The van der Waals surface area contributed by atoms with Crippen molar-refractivity contribution in [2.24, 2.45) is 23.5 Å². The smallest absolute Gasteiger partial charge is 0.0719 e. The molecule has 90 valence electrons. The zero-order valence-corrected chi connectivity index (χ0v) is 10.4. The molecule has 1 rings (SSSR count). The normalized spacial score (nSPS) is 31.6. The van der Waals surface area contributed by atoms with Crippen molar-refractivity contribution in [3.05, 3.63) is 0 Å². The zero-order valence-electron chi connectivity index (χ0n) is 10.4. The largest absolute Gasteiger partial charge is 0.391 e. The molecule has 2 heteroatoms. The van der Waals surface area contributed by atoms with Crippen molar-refractivity contribution in [2.45, 2.75) is 65.0 Å². The van der Waals surface area contributed by atoms with Crippen molar-refractivity contribution in [1.29, 1.82) is 0 Å². The lowest BCUT2D eigenvalue weighted by Gasteiger charge is -2.33. The molecule has 0 heterocycles. The van der Waals surface area contributed by atoms with Crippen LogP contribution in [0.3, 0.4) is 0 Å². The second-order valence-corrected chi connectivity index (χ2v) is 5.82. The van der Waals surface area contributed by atoms with Crippen molar-refractivity contribution in [2.75, 3.05) is 0 Å². The summed E-state index contributed by atoms with van der Waals surface area (Å²) in [6.45, 7) is 6.61. The van der Waals surface area contributed by atoms with Gasteiger partial charge in [-0.25, -0.2) is 0 Å². The number of aliphatic hydroxyl groups excluding tert-OH is 1. The van der Waals surface area contributed by atoms with Gasteiger partial charge in [0.25, 0.3) is 0 Å². The molecule has 4 atom stereocenters. The lowest BCUT2D eigenvalue weighted by Crippen LogP contribution is -2.42. The standard InChI is InChI=1S/C13H27NO/c1-9(2)7-12(14)13(15)11-6-4-5-10(3)8-11/h9-13,15H,4-8,14H2,1-3H3. The van der Waals surface area contributed by atoms with Gasteiger partial charge in [-0.2, -0.15) is 0 Å². The summed E-state index contributed by atoms with van der Waals surface area (Å²) >= 11 is 0. The van der Waals surface area contributed by atoms with E-state index in [2.05, 4.69) is 20.8 Å². The fourth-order valence-electron chi connectivity index (χ4n) is 2.82. The molecule has 1 aliphatic rings. The van der Waals surface area contributed by atoms with E-state index in [1.807, 2.05) is 0 Å². The summed E-state index contributed by atoms with van der Waals surface area (Å²) in [6.07, 6.45) is 5.56. The number of hydrogen-bond acceptors (Lipinski definition) is 2. The summed E-state index contributed by atoms with van der Waals surface area (Å²) in [5.41, 5.74) is 6.04. The van der Waals surface area contributed by atoms with Crippen molar-refractivity contribution >= 4 is 0 Å². The average molecular weight is 213 g/mol. The van der Waals surface area contributed by atoms with Crippen LogP contribution in [-0.2, 0) is 0 Å². The van der Waals surface area contributed by atoms with E-state index in [0.717, 1.165) is 25.2 Å². The van der Waals surface area contributed by atoms with Gasteiger partial charge in [0.05, 0.1) is 6.10 Å². The van der Waals surface area contributed by atoms with E-state index in [0.29, 0.717) is 11.8 Å². The van der Waals surface area contributed by atoms with Gasteiger partial charge in [-0.05, 0) is 37.0 Å². The molecule has 0 aromatic rings. The minimum absolute atomic E-state index is 0.0275. The van der Waals surface area contributed by atoms with Crippen LogP contribution in [-0.4, -0.2) is 17.3 Å². The molecule has 0 spiro atoms. The zero-order chi connectivity index (χ0) is 11.4. The van der Waals surface area contributed by atoms with Gasteiger partial charge in [0.2, 0.25) is 0 Å². The lowest BCUT2D eigenvalue weighted by molar-refractivity contribution is 0.0454. The van der Waals surface area contributed by atoms with E-state index in [1.165, 1.54) is 12.8 Å². The van der Waals surface area contributed by atoms with E-state index in [1.54, 1.807) is 0 Å². The Morgan fingerprint density at radius 1 is 1.33 bits per heavy atom. The Balaban J connectivity index is 2.40. The van der Waals surface area contributed by atoms with Crippen LogP contribution in [0.2, 0.25) is 0 Å². The van der Waals surface area contributed by atoms with E-state index < -0.39 is 0 Å². The summed E-state index contributed by atoms with van der Waals surface area (Å²) in [4.78, 5) is 0. The van der Waals surface area contributed by atoms with Crippen LogP contribution in [0.4, 0.5) is 0 Å². The number of aliphatic hydroxyl groups is 1. The van der Waals surface area contributed by atoms with Gasteiger partial charge in [-0.3, -0.25) is 0 Å². The summed E-state index contributed by atoms with van der Waals surface area (Å²) in [7, 11) is 0. The molecule has 0 aromatic carbocycles. The van der Waals surface area contributed by atoms with Crippen molar-refractivity contribution in [3.63, 3.8) is 0 Å². The third-order valence-corrected chi connectivity index (χ3v) is 3.64. The highest BCUT2D eigenvalue weighted by Crippen LogP contribution is 2.32. The minimum atomic E-state index is -0.282. The molecule has 3 N–H and O–H groups in total. The molecule has 15 heavy (non-hydrogen) atoms. The monoisotopic (exact) mass is 213 g/mol. The predicted octanol–water partition coefficient (Wildman–Crippen LogP) is 2.55. The molecule has 0 bridgehead atoms. The van der Waals surface area contributed by atoms with Crippen LogP contribution in [0, 0.1) is 17.8 Å². The Morgan fingerprint density at radius 3 is 2.53 bits per heavy atom. The molecular formula is C13H27NO. The van der Waals surface area contributed by atoms with E-state index >= 15 is 0 Å². The Bertz CT molecular complexity index is 181. The van der Waals surface area contributed by atoms with Gasteiger partial charge in [0.15, 0.2) is 0 Å². The Labute approximate surface area is 94.2 Å². The van der Waals surface area contributed by atoms with Crippen LogP contribution in [0.15, 0.2) is 0 Å². The third kappa shape index (κ3) is 4.12. The SMILES string of the molecule is CC(C)CC(N)C(O)C1CCCC(C)C1. The molecule has 0 aliphatic heterocycles. The first-order valence-electron chi connectivity index (χ1n) is 6.44. The summed E-state index contributed by atoms with van der Waals surface area (Å²) in [5, 5.41) is 10.2. The highest BCUT2D eigenvalue weighted by molar-refractivity contribution is 4.83. The molecule has 1 saturated carbocycles. The first-order valence-corrected chi connectivity index (χ1v) is 6.44. The van der Waals surface area contributed by atoms with Gasteiger partial charge < -0.3 is 10.8 Å². The van der Waals surface area contributed by atoms with E-state index in [-0.39, 0.29) is 12.1 Å². The van der Waals surface area contributed by atoms with Crippen molar-refractivity contribution in [1.82, 2.24) is 0 Å². The highest BCUT2D eigenvalue weighted by Gasteiger charge is 2.29. The molecule has 0 amide bonds. The van der Waals surface area contributed by atoms with Crippen LogP contribution < -0.4 is 5.73 Å². The van der Waals surface area contributed by atoms with Gasteiger partial charge >= 0.3 is 0 Å². The quantitative estimate of drug-likeness (QED) is 0.754. The third-order valence-electron chi connectivity index (χ3n) is 3.64. The molecule has 0 saturated heterocycles. The topological polar surface area (TPSA) is 46.2 Å². The maximum atomic E-state index is 10.2. The fraction of sp³-hybridized carbons (Fsp3) is 1.00. The van der Waals surface area contributed by atoms with Crippen LogP contribution in [0.25, 0.3) is 0 Å². The maximum absolute atomic E-state index is 10.2. The lowest BCUT2D eigenvalue weighted by atomic mass is 9.77. The first kappa shape index (κ1) is 13.0. The summed E-state index contributed by atoms with van der Waals surface area (Å²) < 4.78 is 0. The predicted molar refractivity (Wildman–Crippen MR) is 64.6 cm³/mol. The second-order valence-electron chi connectivity index (χ2n) is 5.82. The maximum Gasteiger partial charge on any atom is 0.0719 e. The van der Waals surface area contributed by atoms with Gasteiger partial charge in [-0.15, -0.1) is 0 Å². The van der Waals surface area contributed by atoms with Crippen LogP contribution in [0.5, 0.6) is 0 Å². The number of nitrogens with two attached hydrogens (primary N) is 1. The van der Waals surface area contributed by atoms with Crippen LogP contribution in [0.1, 0.15) is 52.9 Å². The first-order chi connectivity index (χ1) is 7.00. The molecule has 4 unspecified atom stereocenters. The second kappa shape index (κ2) is 5.86. The van der Waals surface area contributed by atoms with Gasteiger partial charge in [-0.1, -0.05) is 33.6 Å². The molecule has 0 radical (unpaired) electrons.